The van der Waals surface area contributed by atoms with Gasteiger partial charge in [0.2, 0.25) is 5.89 Å². The summed E-state index contributed by atoms with van der Waals surface area (Å²) < 4.78 is 22.0. The molecule has 0 bridgehead atoms. The molecule has 1 aliphatic carbocycles. The van der Waals surface area contributed by atoms with Crippen LogP contribution in [0.1, 0.15) is 24.8 Å². The van der Waals surface area contributed by atoms with Crippen molar-refractivity contribution in [2.75, 3.05) is 0 Å². The maximum Gasteiger partial charge on any atom is 0.227 e. The Bertz CT molecular complexity index is 1540. The van der Waals surface area contributed by atoms with Crippen molar-refractivity contribution in [1.29, 1.82) is 0 Å². The molecule has 1 fully saturated rings. The first-order valence-electron chi connectivity index (χ1n) is 12.1. The Balaban J connectivity index is 1.31. The van der Waals surface area contributed by atoms with Gasteiger partial charge in [-0.15, -0.1) is 10.2 Å². The molecule has 0 unspecified atom stereocenters. The molecule has 2 atom stereocenters. The molecule has 3 aromatic carbocycles. The highest BCUT2D eigenvalue weighted by Gasteiger charge is 2.24. The van der Waals surface area contributed by atoms with Gasteiger partial charge in [0.25, 0.3) is 0 Å². The van der Waals surface area contributed by atoms with Gasteiger partial charge in [-0.1, -0.05) is 24.3 Å². The fraction of sp³-hybridized carbons (Fsp3) is 0.250. The Hall–Kier alpha value is -3.88. The molecule has 1 aliphatic rings. The monoisotopic (exact) mass is 483 g/mol. The molecule has 0 radical (unpaired) electrons. The molecular weight excluding hydrogens is 457 g/mol. The molecule has 0 amide bonds. The highest BCUT2D eigenvalue weighted by Crippen LogP contribution is 2.34. The average molecular weight is 484 g/mol. The first-order valence-corrected chi connectivity index (χ1v) is 12.1. The Kier molecular flexibility index (Phi) is 5.83. The van der Waals surface area contributed by atoms with Crippen molar-refractivity contribution in [3.63, 3.8) is 0 Å². The lowest BCUT2D eigenvalue weighted by Crippen LogP contribution is -2.34. The smallest absolute Gasteiger partial charge is 0.227 e. The minimum atomic E-state index is -0.334. The van der Waals surface area contributed by atoms with Crippen LogP contribution < -0.4 is 5.32 Å². The van der Waals surface area contributed by atoms with Crippen LogP contribution in [0.2, 0.25) is 0 Å². The fourth-order valence-corrected chi connectivity index (χ4v) is 4.93. The molecule has 2 N–H and O–H groups in total. The Morgan fingerprint density at radius 2 is 1.94 bits per heavy atom. The lowest BCUT2D eigenvalue weighted by molar-refractivity contribution is 0.148. The number of hydrogen-bond acceptors (Lipinski definition) is 6. The number of halogens is 1. The third kappa shape index (κ3) is 4.29. The van der Waals surface area contributed by atoms with E-state index < -0.39 is 0 Å². The van der Waals surface area contributed by atoms with Crippen molar-refractivity contribution in [1.82, 2.24) is 25.1 Å². The lowest BCUT2D eigenvalue weighted by atomic mass is 9.97. The summed E-state index contributed by atoms with van der Waals surface area (Å²) in [4.78, 5) is 4.74. The predicted octanol–water partition coefficient (Wildman–Crippen LogP) is 5.10. The summed E-state index contributed by atoms with van der Waals surface area (Å²) in [5, 5.41) is 21.6. The summed E-state index contributed by atoms with van der Waals surface area (Å²) in [7, 11) is 1.83. The molecule has 5 aromatic rings. The third-order valence-corrected chi connectivity index (χ3v) is 6.85. The number of hydrogen-bond donors (Lipinski definition) is 2. The van der Waals surface area contributed by atoms with E-state index >= 15 is 0 Å². The Labute approximate surface area is 207 Å². The van der Waals surface area contributed by atoms with E-state index in [0.717, 1.165) is 47.0 Å². The topological polar surface area (TPSA) is 89.0 Å². The number of aryl methyl sites for hydroxylation is 1. The molecule has 36 heavy (non-hydrogen) atoms. The van der Waals surface area contributed by atoms with Crippen molar-refractivity contribution < 1.29 is 13.9 Å². The summed E-state index contributed by atoms with van der Waals surface area (Å²) in [6.07, 6.45) is 4.25. The van der Waals surface area contributed by atoms with Gasteiger partial charge in [0, 0.05) is 30.8 Å². The van der Waals surface area contributed by atoms with Crippen molar-refractivity contribution in [3.8, 4) is 34.0 Å². The minimum absolute atomic E-state index is 0.147. The van der Waals surface area contributed by atoms with Crippen LogP contribution in [0, 0.1) is 5.82 Å². The molecule has 7 nitrogen and oxygen atoms in total. The molecule has 1 saturated carbocycles. The number of aliphatic hydroxyl groups is 1. The van der Waals surface area contributed by atoms with Gasteiger partial charge in [0.05, 0.1) is 6.10 Å². The maximum atomic E-state index is 14.1. The van der Waals surface area contributed by atoms with Crippen molar-refractivity contribution in [3.05, 3.63) is 78.4 Å². The van der Waals surface area contributed by atoms with Crippen LogP contribution in [-0.2, 0) is 13.6 Å². The van der Waals surface area contributed by atoms with Gasteiger partial charge < -0.3 is 19.4 Å². The lowest BCUT2D eigenvalue weighted by Gasteiger charge is -2.16. The number of aromatic nitrogens is 4. The van der Waals surface area contributed by atoms with Crippen LogP contribution in [-0.4, -0.2) is 37.0 Å². The van der Waals surface area contributed by atoms with E-state index in [2.05, 4.69) is 15.5 Å². The van der Waals surface area contributed by atoms with Crippen LogP contribution in [0.25, 0.3) is 45.1 Å². The van der Waals surface area contributed by atoms with Gasteiger partial charge in [-0.05, 0) is 72.4 Å². The number of nitrogens with zero attached hydrogens (tertiary/aromatic N) is 4. The number of nitrogens with one attached hydrogen (secondary N) is 1. The zero-order chi connectivity index (χ0) is 24.6. The highest BCUT2D eigenvalue weighted by molar-refractivity contribution is 5.83. The van der Waals surface area contributed by atoms with Gasteiger partial charge in [0.15, 0.2) is 11.4 Å². The van der Waals surface area contributed by atoms with E-state index in [1.165, 1.54) is 12.1 Å². The third-order valence-electron chi connectivity index (χ3n) is 6.85. The maximum absolute atomic E-state index is 14.1. The van der Waals surface area contributed by atoms with Crippen LogP contribution >= 0.6 is 0 Å². The molecule has 2 aromatic heterocycles. The second-order valence-electron chi connectivity index (χ2n) is 9.34. The molecule has 182 valence electrons. The largest absolute Gasteiger partial charge is 0.436 e. The molecular formula is C28H26FN5O2. The van der Waals surface area contributed by atoms with E-state index in [4.69, 9.17) is 9.40 Å². The minimum Gasteiger partial charge on any atom is -0.436 e. The zero-order valence-electron chi connectivity index (χ0n) is 19.9. The van der Waals surface area contributed by atoms with E-state index in [1.54, 1.807) is 17.0 Å². The number of benzene rings is 3. The number of oxazole rings is 1. The Morgan fingerprint density at radius 3 is 2.75 bits per heavy atom. The Morgan fingerprint density at radius 1 is 1.06 bits per heavy atom. The predicted molar refractivity (Wildman–Crippen MR) is 135 cm³/mol. The molecule has 6 rings (SSSR count). The SMILES string of the molecule is Cn1cnnc1-c1cc(F)ccc1-c1cccc(-c2nc3cc(CN[C@@H]4CCC[C@@H]4O)ccc3o2)c1. The van der Waals surface area contributed by atoms with Crippen molar-refractivity contribution in [2.45, 2.75) is 38.0 Å². The number of fused-ring (bicyclic) bond motifs is 1. The van der Waals surface area contributed by atoms with Gasteiger partial charge in [-0.2, -0.15) is 0 Å². The molecule has 0 aliphatic heterocycles. The quantitative estimate of drug-likeness (QED) is 0.349. The van der Waals surface area contributed by atoms with Gasteiger partial charge in [-0.3, -0.25) is 0 Å². The van der Waals surface area contributed by atoms with Crippen LogP contribution in [0.3, 0.4) is 0 Å². The highest BCUT2D eigenvalue weighted by atomic mass is 19.1. The van der Waals surface area contributed by atoms with E-state index in [-0.39, 0.29) is 18.0 Å². The van der Waals surface area contributed by atoms with E-state index in [9.17, 15) is 9.50 Å². The summed E-state index contributed by atoms with van der Waals surface area (Å²) >= 11 is 0. The molecule has 2 heterocycles. The van der Waals surface area contributed by atoms with Crippen LogP contribution in [0.5, 0.6) is 0 Å². The summed E-state index contributed by atoms with van der Waals surface area (Å²) in [6, 6.07) is 18.6. The number of aliphatic hydroxyl groups excluding tert-OH is 1. The van der Waals surface area contributed by atoms with E-state index in [0.29, 0.717) is 29.4 Å². The van der Waals surface area contributed by atoms with Gasteiger partial charge in [-0.25, -0.2) is 9.37 Å². The first kappa shape index (κ1) is 22.6. The average Bonchev–Trinajstić information content (AvgIpc) is 3.62. The zero-order valence-corrected chi connectivity index (χ0v) is 19.9. The molecule has 8 heteroatoms. The van der Waals surface area contributed by atoms with Crippen molar-refractivity contribution >= 4 is 11.1 Å². The summed E-state index contributed by atoms with van der Waals surface area (Å²) in [6.45, 7) is 0.671. The van der Waals surface area contributed by atoms with E-state index in [1.807, 2.05) is 49.5 Å². The second-order valence-corrected chi connectivity index (χ2v) is 9.34. The summed E-state index contributed by atoms with van der Waals surface area (Å²) in [5.74, 6) is 0.771. The second kappa shape index (κ2) is 9.29. The molecule has 0 spiro atoms. The van der Waals surface area contributed by atoms with Crippen molar-refractivity contribution in [2.24, 2.45) is 7.05 Å². The normalized spacial score (nSPS) is 17.8. The number of rotatable bonds is 6. The summed E-state index contributed by atoms with van der Waals surface area (Å²) in [5.41, 5.74) is 5.81. The first-order chi connectivity index (χ1) is 17.5. The molecule has 0 saturated heterocycles. The fourth-order valence-electron chi connectivity index (χ4n) is 4.93. The van der Waals surface area contributed by atoms with Gasteiger partial charge >= 0.3 is 0 Å². The standard InChI is InChI=1S/C28H26FN5O2/c1-34-16-31-33-27(34)22-14-20(29)9-10-21(22)18-4-2-5-19(13-18)28-32-24-12-17(8-11-26(24)36-28)15-30-23-6-3-7-25(23)35/h2,4-5,8-14,16,23,25,30,35H,3,6-7,15H2,1H3/t23-,25+/m1/s1. The van der Waals surface area contributed by atoms with Crippen LogP contribution in [0.4, 0.5) is 4.39 Å². The van der Waals surface area contributed by atoms with Crippen LogP contribution in [0.15, 0.2) is 71.4 Å². The van der Waals surface area contributed by atoms with Gasteiger partial charge in [0.1, 0.15) is 17.7 Å².